The number of ketones is 1. The number of Topliss-reactive ketones (excluding diaryl/α,β-unsaturated/α-hetero) is 1. The highest BCUT2D eigenvalue weighted by Gasteiger charge is 2.53. The van der Waals surface area contributed by atoms with Crippen LogP contribution < -0.4 is 15.9 Å². The van der Waals surface area contributed by atoms with Crippen molar-refractivity contribution in [3.63, 3.8) is 0 Å². The Morgan fingerprint density at radius 1 is 0.794 bits per heavy atom. The van der Waals surface area contributed by atoms with E-state index in [0.29, 0.717) is 10.8 Å². The van der Waals surface area contributed by atoms with Gasteiger partial charge in [0.1, 0.15) is 5.29 Å². The zero-order valence-electron chi connectivity index (χ0n) is 20.4. The Balaban J connectivity index is 2.15. The summed E-state index contributed by atoms with van der Waals surface area (Å²) in [5.74, 6) is -0.587. The summed E-state index contributed by atoms with van der Waals surface area (Å²) in [5, 5.41) is 3.32. The molecule has 0 N–H and O–H groups in total. The van der Waals surface area contributed by atoms with Crippen LogP contribution in [0.15, 0.2) is 91.0 Å². The Morgan fingerprint density at radius 3 is 1.53 bits per heavy atom. The molecule has 0 bridgehead atoms. The highest BCUT2D eigenvalue weighted by atomic mass is 31.2. The molecule has 3 nitrogen and oxygen atoms in total. The third-order valence-electron chi connectivity index (χ3n) is 6.71. The van der Waals surface area contributed by atoms with Gasteiger partial charge in [-0.05, 0) is 41.7 Å². The zero-order valence-corrected chi connectivity index (χ0v) is 22.3. The van der Waals surface area contributed by atoms with Crippen LogP contribution in [-0.2, 0) is 14.3 Å². The minimum absolute atomic E-state index is 0.0178. The van der Waals surface area contributed by atoms with Crippen LogP contribution in [0.5, 0.6) is 0 Å². The molecule has 176 valence electrons. The Kier molecular flexibility index (Phi) is 7.11. The van der Waals surface area contributed by atoms with Crippen LogP contribution in [0.25, 0.3) is 0 Å². The first kappa shape index (κ1) is 24.4. The lowest BCUT2D eigenvalue weighted by Gasteiger charge is -2.31. The number of carbonyl (C=O) groups excluding carboxylic acids is 2. The van der Waals surface area contributed by atoms with Crippen molar-refractivity contribution in [3.8, 4) is 0 Å². The van der Waals surface area contributed by atoms with Crippen molar-refractivity contribution in [2.75, 3.05) is 6.61 Å². The summed E-state index contributed by atoms with van der Waals surface area (Å²) >= 11 is 0. The highest BCUT2D eigenvalue weighted by Crippen LogP contribution is 2.55. The second-order valence-electron chi connectivity index (χ2n) is 9.93. The van der Waals surface area contributed by atoms with Crippen LogP contribution in [0.3, 0.4) is 0 Å². The average Bonchev–Trinajstić information content (AvgIpc) is 3.66. The van der Waals surface area contributed by atoms with Gasteiger partial charge in [0, 0.05) is 14.0 Å². The molecular weight excluding hydrogens is 455 g/mol. The first-order valence-electron chi connectivity index (χ1n) is 12.0. The molecule has 1 saturated carbocycles. The minimum atomic E-state index is -2.79. The largest absolute Gasteiger partial charge is 0.462 e. The van der Waals surface area contributed by atoms with Gasteiger partial charge in [0.25, 0.3) is 0 Å². The maximum Gasteiger partial charge on any atom is 0.342 e. The maximum atomic E-state index is 14.4. The quantitative estimate of drug-likeness (QED) is 0.194. The molecule has 0 amide bonds. The fraction of sp³-hybridized carbons (Fsp3) is 0.276. The Morgan fingerprint density at radius 2 is 1.21 bits per heavy atom. The summed E-state index contributed by atoms with van der Waals surface area (Å²) in [6.07, 6.45) is 0.871. The van der Waals surface area contributed by atoms with Gasteiger partial charge in [0.15, 0.2) is 5.78 Å². The molecule has 0 saturated heterocycles. The molecule has 0 spiro atoms. The fourth-order valence-corrected chi connectivity index (χ4v) is 11.7. The highest BCUT2D eigenvalue weighted by molar-refractivity contribution is 7.97. The predicted molar refractivity (Wildman–Crippen MR) is 147 cm³/mol. The van der Waals surface area contributed by atoms with Gasteiger partial charge in [-0.2, -0.15) is 0 Å². The molecule has 5 heteroatoms. The van der Waals surface area contributed by atoms with Gasteiger partial charge in [-0.3, -0.25) is 4.79 Å². The van der Waals surface area contributed by atoms with Crippen LogP contribution in [-0.4, -0.2) is 31.7 Å². The number of hydrogen-bond donors (Lipinski definition) is 0. The van der Waals surface area contributed by atoms with Crippen LogP contribution in [0.1, 0.15) is 13.3 Å². The van der Waals surface area contributed by atoms with Gasteiger partial charge in [-0.25, -0.2) is 4.79 Å². The molecule has 0 heterocycles. The first-order chi connectivity index (χ1) is 16.3. The number of benzene rings is 3. The Labute approximate surface area is 204 Å². The van der Waals surface area contributed by atoms with E-state index < -0.39 is 20.9 Å². The zero-order chi connectivity index (χ0) is 24.3. The van der Waals surface area contributed by atoms with E-state index in [4.69, 9.17) is 4.74 Å². The number of carbonyl (C=O) groups is 2. The lowest BCUT2D eigenvalue weighted by Crippen LogP contribution is -2.39. The smallest absolute Gasteiger partial charge is 0.342 e. The van der Waals surface area contributed by atoms with Crippen molar-refractivity contribution in [1.29, 1.82) is 0 Å². The third kappa shape index (κ3) is 4.49. The number of ether oxygens (including phenoxy) is 1. The van der Waals surface area contributed by atoms with Gasteiger partial charge in [0.2, 0.25) is 0 Å². The minimum Gasteiger partial charge on any atom is -0.462 e. The number of rotatable bonds is 8. The Hall–Kier alpha value is -2.68. The second-order valence-corrected chi connectivity index (χ2v) is 18.7. The molecule has 1 aliphatic carbocycles. The monoisotopic (exact) mass is 488 g/mol. The molecule has 34 heavy (non-hydrogen) atoms. The van der Waals surface area contributed by atoms with Gasteiger partial charge >= 0.3 is 5.97 Å². The summed E-state index contributed by atoms with van der Waals surface area (Å²) in [4.78, 5) is 28.2. The average molecular weight is 489 g/mol. The normalized spacial score (nSPS) is 17.6. The van der Waals surface area contributed by atoms with Crippen molar-refractivity contribution in [3.05, 3.63) is 91.0 Å². The van der Waals surface area contributed by atoms with Gasteiger partial charge in [0.05, 0.1) is 6.61 Å². The van der Waals surface area contributed by atoms with E-state index in [2.05, 4.69) is 56.0 Å². The number of esters is 1. The van der Waals surface area contributed by atoms with Crippen molar-refractivity contribution in [2.45, 2.75) is 38.5 Å². The van der Waals surface area contributed by atoms with Crippen LogP contribution in [0, 0.1) is 5.92 Å². The van der Waals surface area contributed by atoms with E-state index in [1.807, 2.05) is 54.6 Å². The standard InChI is InChI=1S/C29H33O3PSi/c1-5-32-29(31)28(27(30)25-21-26(25)34(2,3)4)33(22-15-9-6-10-16-22,23-17-11-7-12-18-23)24-19-13-8-14-20-24/h6-20,25-26H,5,21H2,1-4H3/t25-,26-/m1/s1. The molecule has 4 rings (SSSR count). The molecule has 2 atom stereocenters. The molecule has 3 aromatic carbocycles. The Bertz CT molecular complexity index is 1110. The predicted octanol–water partition coefficient (Wildman–Crippen LogP) is 5.01. The lowest BCUT2D eigenvalue weighted by molar-refractivity contribution is -0.135. The fourth-order valence-electron chi connectivity index (χ4n) is 5.01. The summed E-state index contributed by atoms with van der Waals surface area (Å²) in [7, 11) is -1.52. The topological polar surface area (TPSA) is 43.4 Å². The molecule has 1 aliphatic rings. The van der Waals surface area contributed by atoms with E-state index in [-0.39, 0.29) is 18.3 Å². The number of hydrogen-bond acceptors (Lipinski definition) is 3. The van der Waals surface area contributed by atoms with Crippen LogP contribution in [0.4, 0.5) is 0 Å². The molecule has 0 unspecified atom stereocenters. The van der Waals surface area contributed by atoms with Crippen molar-refractivity contribution in [2.24, 2.45) is 5.92 Å². The van der Waals surface area contributed by atoms with Crippen molar-refractivity contribution < 1.29 is 14.3 Å². The first-order valence-corrected chi connectivity index (χ1v) is 17.3. The molecular formula is C29H33O3PSi. The SMILES string of the molecule is CCOC(=O)C(C(=O)[C@@H]1C[C@H]1[Si](C)(C)C)=P(c1ccccc1)(c1ccccc1)c1ccccc1. The van der Waals surface area contributed by atoms with Gasteiger partial charge < -0.3 is 4.74 Å². The summed E-state index contributed by atoms with van der Waals surface area (Å²) < 4.78 is 5.64. The van der Waals surface area contributed by atoms with E-state index in [1.54, 1.807) is 6.92 Å². The summed E-state index contributed by atoms with van der Waals surface area (Å²) in [6, 6.07) is 30.2. The van der Waals surface area contributed by atoms with Gasteiger partial charge in [-0.15, -0.1) is 0 Å². The van der Waals surface area contributed by atoms with Crippen LogP contribution in [0.2, 0.25) is 25.2 Å². The van der Waals surface area contributed by atoms with E-state index >= 15 is 0 Å². The van der Waals surface area contributed by atoms with Crippen LogP contribution >= 0.6 is 6.89 Å². The molecule has 1 fully saturated rings. The lowest BCUT2D eigenvalue weighted by atomic mass is 10.2. The molecule has 0 aromatic heterocycles. The van der Waals surface area contributed by atoms with E-state index in [1.165, 1.54) is 0 Å². The maximum absolute atomic E-state index is 14.4. The van der Waals surface area contributed by atoms with Gasteiger partial charge in [-0.1, -0.05) is 111 Å². The van der Waals surface area contributed by atoms with Crippen molar-refractivity contribution >= 4 is 47.9 Å². The van der Waals surface area contributed by atoms with E-state index in [0.717, 1.165) is 22.3 Å². The molecule has 3 aromatic rings. The van der Waals surface area contributed by atoms with Crippen molar-refractivity contribution in [1.82, 2.24) is 0 Å². The van der Waals surface area contributed by atoms with E-state index in [9.17, 15) is 9.59 Å². The summed E-state index contributed by atoms with van der Waals surface area (Å²) in [5.41, 5.74) is 0.397. The summed E-state index contributed by atoms with van der Waals surface area (Å²) in [6.45, 7) is 6.17. The third-order valence-corrected chi connectivity index (χ3v) is 13.9. The second kappa shape index (κ2) is 9.89. The molecule has 0 radical (unpaired) electrons. The molecule has 0 aliphatic heterocycles.